The predicted molar refractivity (Wildman–Crippen MR) is 98.5 cm³/mol. The molecule has 8 nitrogen and oxygen atoms in total. The van der Waals surface area contributed by atoms with Crippen molar-refractivity contribution in [2.24, 2.45) is 11.1 Å². The highest BCUT2D eigenvalue weighted by molar-refractivity contribution is 6.03. The van der Waals surface area contributed by atoms with Gasteiger partial charge in [-0.15, -0.1) is 0 Å². The van der Waals surface area contributed by atoms with E-state index in [9.17, 15) is 14.4 Å². The third kappa shape index (κ3) is 3.68. The minimum atomic E-state index is -1.14. The fraction of sp³-hybridized carbons (Fsp3) is 0.526. The number of rotatable bonds is 6. The highest BCUT2D eigenvalue weighted by Gasteiger charge is 2.62. The molecule has 0 heterocycles. The van der Waals surface area contributed by atoms with E-state index in [4.69, 9.17) is 19.9 Å². The van der Waals surface area contributed by atoms with Gasteiger partial charge in [0, 0.05) is 24.1 Å². The summed E-state index contributed by atoms with van der Waals surface area (Å²) in [6, 6.07) is 4.18. The Hall–Kier alpha value is -2.45. The van der Waals surface area contributed by atoms with E-state index >= 15 is 0 Å². The van der Waals surface area contributed by atoms with Gasteiger partial charge in [0.1, 0.15) is 5.54 Å². The van der Waals surface area contributed by atoms with Crippen molar-refractivity contribution >= 4 is 23.5 Å². The van der Waals surface area contributed by atoms with Gasteiger partial charge in [0.2, 0.25) is 5.91 Å². The molecule has 0 aromatic heterocycles. The Morgan fingerprint density at radius 2 is 1.63 bits per heavy atom. The van der Waals surface area contributed by atoms with Gasteiger partial charge in [-0.25, -0.2) is 9.59 Å². The molecular formula is C19H26N2O6. The van der Waals surface area contributed by atoms with E-state index in [0.29, 0.717) is 13.0 Å². The van der Waals surface area contributed by atoms with E-state index in [1.807, 2.05) is 20.8 Å². The summed E-state index contributed by atoms with van der Waals surface area (Å²) >= 11 is 0. The smallest absolute Gasteiger partial charge is 0.337 e. The van der Waals surface area contributed by atoms with Crippen LogP contribution in [0, 0.1) is 5.41 Å². The first-order valence-electron chi connectivity index (χ1n) is 8.64. The van der Waals surface area contributed by atoms with Crippen molar-refractivity contribution < 1.29 is 28.6 Å². The van der Waals surface area contributed by atoms with Crippen molar-refractivity contribution in [3.8, 4) is 0 Å². The number of hydrogen-bond acceptors (Lipinski definition) is 7. The lowest BCUT2D eigenvalue weighted by Gasteiger charge is -2.57. The number of methoxy groups -OCH3 is 2. The zero-order valence-corrected chi connectivity index (χ0v) is 16.3. The van der Waals surface area contributed by atoms with Crippen LogP contribution in [0.1, 0.15) is 47.9 Å². The Bertz CT molecular complexity index is 726. The molecule has 148 valence electrons. The SMILES string of the molecule is CCOC1CC(N)(C(=O)Nc2cc(C(=O)OC)cc(C(=O)OC)c2)C1(C)C. The van der Waals surface area contributed by atoms with Crippen LogP contribution < -0.4 is 11.1 Å². The number of nitrogens with two attached hydrogens (primary N) is 1. The van der Waals surface area contributed by atoms with Crippen molar-refractivity contribution in [3.05, 3.63) is 29.3 Å². The van der Waals surface area contributed by atoms with Gasteiger partial charge in [-0.1, -0.05) is 13.8 Å². The van der Waals surface area contributed by atoms with E-state index in [1.54, 1.807) is 0 Å². The molecule has 1 aromatic rings. The average molecular weight is 378 g/mol. The van der Waals surface area contributed by atoms with E-state index < -0.39 is 28.8 Å². The van der Waals surface area contributed by atoms with Crippen LogP contribution in [0.5, 0.6) is 0 Å². The minimum Gasteiger partial charge on any atom is -0.465 e. The highest BCUT2D eigenvalue weighted by Crippen LogP contribution is 2.50. The van der Waals surface area contributed by atoms with Gasteiger partial charge in [-0.05, 0) is 25.1 Å². The minimum absolute atomic E-state index is 0.113. The van der Waals surface area contributed by atoms with Crippen LogP contribution in [0.15, 0.2) is 18.2 Å². The lowest BCUT2D eigenvalue weighted by atomic mass is 9.54. The summed E-state index contributed by atoms with van der Waals surface area (Å²) in [6.07, 6.45) is 0.255. The van der Waals surface area contributed by atoms with Gasteiger partial charge in [0.15, 0.2) is 0 Å². The standard InChI is InChI=1S/C19H26N2O6/c1-6-27-14-10-19(20,18(14,2)3)17(24)21-13-8-11(15(22)25-4)7-12(9-13)16(23)26-5/h7-9,14H,6,10,20H2,1-5H3,(H,21,24). The number of esters is 2. The van der Waals surface area contributed by atoms with Gasteiger partial charge in [-0.2, -0.15) is 0 Å². The number of carbonyl (C=O) groups is 3. The largest absolute Gasteiger partial charge is 0.465 e. The second-order valence-electron chi connectivity index (χ2n) is 7.08. The van der Waals surface area contributed by atoms with Gasteiger partial charge < -0.3 is 25.3 Å². The molecule has 0 spiro atoms. The zero-order chi connectivity index (χ0) is 20.4. The summed E-state index contributed by atoms with van der Waals surface area (Å²) in [5.74, 6) is -1.69. The average Bonchev–Trinajstić information content (AvgIpc) is 2.65. The van der Waals surface area contributed by atoms with E-state index in [-0.39, 0.29) is 22.9 Å². The molecule has 2 atom stereocenters. The molecule has 0 radical (unpaired) electrons. The molecule has 1 aliphatic carbocycles. The summed E-state index contributed by atoms with van der Waals surface area (Å²) in [6.45, 7) is 6.18. The third-order valence-electron chi connectivity index (χ3n) is 5.27. The lowest BCUT2D eigenvalue weighted by Crippen LogP contribution is -2.74. The highest BCUT2D eigenvalue weighted by atomic mass is 16.5. The van der Waals surface area contributed by atoms with E-state index in [1.165, 1.54) is 32.4 Å². The molecule has 1 aliphatic rings. The number of carbonyl (C=O) groups excluding carboxylic acids is 3. The number of nitrogens with one attached hydrogen (secondary N) is 1. The molecule has 1 amide bonds. The molecule has 0 saturated heterocycles. The van der Waals surface area contributed by atoms with Gasteiger partial charge in [0.05, 0.1) is 31.5 Å². The van der Waals surface area contributed by atoms with Crippen LogP contribution in [-0.4, -0.2) is 50.3 Å². The maximum absolute atomic E-state index is 12.9. The van der Waals surface area contributed by atoms with E-state index in [0.717, 1.165) is 0 Å². The fourth-order valence-electron chi connectivity index (χ4n) is 3.23. The molecule has 0 bridgehead atoms. The molecule has 3 N–H and O–H groups in total. The lowest BCUT2D eigenvalue weighted by molar-refractivity contribution is -0.166. The molecule has 1 aromatic carbocycles. The molecule has 0 aliphatic heterocycles. The first-order valence-corrected chi connectivity index (χ1v) is 8.64. The van der Waals surface area contributed by atoms with Crippen LogP contribution in [0.2, 0.25) is 0 Å². The molecule has 8 heteroatoms. The van der Waals surface area contributed by atoms with Crippen LogP contribution in [0.3, 0.4) is 0 Å². The Labute approximate surface area is 158 Å². The normalized spacial score (nSPS) is 23.1. The Balaban J connectivity index is 2.29. The Kier molecular flexibility index (Phi) is 5.91. The van der Waals surface area contributed by atoms with Crippen LogP contribution in [0.4, 0.5) is 5.69 Å². The van der Waals surface area contributed by atoms with Crippen molar-refractivity contribution in [2.45, 2.75) is 38.8 Å². The summed E-state index contributed by atoms with van der Waals surface area (Å²) < 4.78 is 15.0. The zero-order valence-electron chi connectivity index (χ0n) is 16.3. The second kappa shape index (κ2) is 7.66. The Morgan fingerprint density at radius 3 is 2.04 bits per heavy atom. The quantitative estimate of drug-likeness (QED) is 0.724. The summed E-state index contributed by atoms with van der Waals surface area (Å²) in [7, 11) is 2.45. The van der Waals surface area contributed by atoms with Crippen LogP contribution in [-0.2, 0) is 19.0 Å². The fourth-order valence-corrected chi connectivity index (χ4v) is 3.23. The maximum Gasteiger partial charge on any atom is 0.337 e. The van der Waals surface area contributed by atoms with Crippen molar-refractivity contribution in [1.82, 2.24) is 0 Å². The first-order chi connectivity index (χ1) is 12.6. The van der Waals surface area contributed by atoms with Crippen LogP contribution >= 0.6 is 0 Å². The molecule has 1 fully saturated rings. The monoisotopic (exact) mass is 378 g/mol. The third-order valence-corrected chi connectivity index (χ3v) is 5.27. The predicted octanol–water partition coefficient (Wildman–Crippen LogP) is 1.73. The number of hydrogen-bond donors (Lipinski definition) is 2. The van der Waals surface area contributed by atoms with Crippen LogP contribution in [0.25, 0.3) is 0 Å². The summed E-state index contributed by atoms with van der Waals surface area (Å²) in [4.78, 5) is 36.6. The molecule has 27 heavy (non-hydrogen) atoms. The maximum atomic E-state index is 12.9. The van der Waals surface area contributed by atoms with Gasteiger partial charge in [-0.3, -0.25) is 4.79 Å². The summed E-state index contributed by atoms with van der Waals surface area (Å²) in [5.41, 5.74) is 5.13. The molecular weight excluding hydrogens is 352 g/mol. The van der Waals surface area contributed by atoms with Gasteiger partial charge in [0.25, 0.3) is 0 Å². The van der Waals surface area contributed by atoms with E-state index in [2.05, 4.69) is 5.32 Å². The second-order valence-corrected chi connectivity index (χ2v) is 7.08. The van der Waals surface area contributed by atoms with Crippen molar-refractivity contribution in [2.75, 3.05) is 26.1 Å². The Morgan fingerprint density at radius 1 is 1.11 bits per heavy atom. The van der Waals surface area contributed by atoms with Crippen molar-refractivity contribution in [3.63, 3.8) is 0 Å². The number of anilines is 1. The topological polar surface area (TPSA) is 117 Å². The first kappa shape index (κ1) is 20.9. The summed E-state index contributed by atoms with van der Waals surface area (Å²) in [5, 5.41) is 2.71. The number of amides is 1. The van der Waals surface area contributed by atoms with Gasteiger partial charge >= 0.3 is 11.9 Å². The molecule has 2 unspecified atom stereocenters. The molecule has 1 saturated carbocycles. The number of benzene rings is 1. The van der Waals surface area contributed by atoms with Crippen molar-refractivity contribution in [1.29, 1.82) is 0 Å². The molecule has 2 rings (SSSR count). The number of ether oxygens (including phenoxy) is 3.